The zero-order valence-electron chi connectivity index (χ0n) is 17.6. The number of amides is 1. The van der Waals surface area contributed by atoms with Gasteiger partial charge in [0.15, 0.2) is 0 Å². The van der Waals surface area contributed by atoms with E-state index < -0.39 is 23.9 Å². The number of nitrogens with one attached hydrogen (secondary N) is 1. The number of unbranched alkanes of at least 4 members (excludes halogenated alkanes) is 5. The van der Waals surface area contributed by atoms with Gasteiger partial charge in [-0.1, -0.05) is 52.4 Å². The predicted molar refractivity (Wildman–Crippen MR) is 110 cm³/mol. The van der Waals surface area contributed by atoms with Gasteiger partial charge in [-0.25, -0.2) is 9.78 Å². The molecule has 1 atom stereocenters. The van der Waals surface area contributed by atoms with Gasteiger partial charge in [0.25, 0.3) is 0 Å². The van der Waals surface area contributed by atoms with Gasteiger partial charge in [-0.2, -0.15) is 13.2 Å². The molecule has 164 valence electrons. The molecule has 0 fully saturated rings. The summed E-state index contributed by atoms with van der Waals surface area (Å²) in [6.07, 6.45) is 5.24. The minimum absolute atomic E-state index is 0.139. The molecule has 0 aromatic carbocycles. The molecule has 1 N–H and O–H groups in total. The molecule has 0 saturated heterocycles. The average Bonchev–Trinajstić information content (AvgIpc) is 2.70. The van der Waals surface area contributed by atoms with Crippen molar-refractivity contribution in [2.75, 3.05) is 5.32 Å². The lowest BCUT2D eigenvalue weighted by Crippen LogP contribution is -2.24. The Morgan fingerprint density at radius 3 is 2.27 bits per heavy atom. The second kappa shape index (κ2) is 10.9. The Hall–Kier alpha value is -2.64. The van der Waals surface area contributed by atoms with Crippen molar-refractivity contribution in [3.8, 4) is 11.3 Å². The molecular weight excluding hydrogens is 395 g/mol. The van der Waals surface area contributed by atoms with Crippen LogP contribution >= 0.6 is 0 Å². The molecule has 8 heteroatoms. The molecule has 2 aromatic rings. The number of carbonyl (C=O) groups is 1. The number of ether oxygens (including phenoxy) is 1. The fourth-order valence-electron chi connectivity index (χ4n) is 3.16. The highest BCUT2D eigenvalue weighted by molar-refractivity contribution is 5.89. The minimum atomic E-state index is -4.46. The van der Waals surface area contributed by atoms with Crippen molar-refractivity contribution in [3.05, 3.63) is 41.7 Å². The molecule has 0 spiro atoms. The molecule has 0 bridgehead atoms. The van der Waals surface area contributed by atoms with E-state index in [0.717, 1.165) is 18.3 Å². The Balaban J connectivity index is 0.000000343. The van der Waals surface area contributed by atoms with Crippen molar-refractivity contribution in [3.63, 3.8) is 0 Å². The molecule has 5 nitrogen and oxygen atoms in total. The molecule has 0 aliphatic carbocycles. The van der Waals surface area contributed by atoms with Crippen LogP contribution in [0.3, 0.4) is 0 Å². The number of aromatic nitrogens is 2. The van der Waals surface area contributed by atoms with Gasteiger partial charge in [0.05, 0.1) is 11.3 Å². The summed E-state index contributed by atoms with van der Waals surface area (Å²) in [4.78, 5) is 19.3. The van der Waals surface area contributed by atoms with Crippen LogP contribution in [0.1, 0.15) is 76.5 Å². The fraction of sp³-hybridized carbons (Fsp3) is 0.500. The zero-order chi connectivity index (χ0) is 22.1. The Morgan fingerprint density at radius 1 is 1.03 bits per heavy atom. The number of halogens is 3. The number of anilines is 1. The number of alkyl halides is 3. The molecule has 0 saturated carbocycles. The van der Waals surface area contributed by atoms with Crippen LogP contribution in [-0.2, 0) is 10.9 Å². The Morgan fingerprint density at radius 2 is 1.67 bits per heavy atom. The van der Waals surface area contributed by atoms with Crippen LogP contribution in [0.5, 0.6) is 0 Å². The van der Waals surface area contributed by atoms with Crippen molar-refractivity contribution < 1.29 is 22.7 Å². The Kier molecular flexibility index (Phi) is 8.62. The molecule has 1 amide bonds. The van der Waals surface area contributed by atoms with E-state index in [4.69, 9.17) is 4.74 Å². The molecule has 1 aliphatic heterocycles. The summed E-state index contributed by atoms with van der Waals surface area (Å²) in [5, 5.41) is 2.42. The maximum Gasteiger partial charge on any atom is 0.416 e. The van der Waals surface area contributed by atoms with Gasteiger partial charge in [0.1, 0.15) is 11.9 Å². The highest BCUT2D eigenvalue weighted by Crippen LogP contribution is 2.38. The van der Waals surface area contributed by atoms with Gasteiger partial charge in [-0.15, -0.1) is 0 Å². The van der Waals surface area contributed by atoms with E-state index in [1.807, 2.05) is 0 Å². The topological polar surface area (TPSA) is 64.1 Å². The van der Waals surface area contributed by atoms with Crippen molar-refractivity contribution in [1.82, 2.24) is 9.97 Å². The van der Waals surface area contributed by atoms with Gasteiger partial charge in [-0.3, -0.25) is 10.3 Å². The smallest absolute Gasteiger partial charge is 0.416 e. The van der Waals surface area contributed by atoms with E-state index in [2.05, 4.69) is 29.1 Å². The summed E-state index contributed by atoms with van der Waals surface area (Å²) >= 11 is 0. The number of hydrogen-bond acceptors (Lipinski definition) is 4. The fourth-order valence-corrected chi connectivity index (χ4v) is 3.16. The summed E-state index contributed by atoms with van der Waals surface area (Å²) in [6, 6.07) is 3.40. The van der Waals surface area contributed by atoms with Crippen LogP contribution < -0.4 is 5.32 Å². The van der Waals surface area contributed by atoms with E-state index in [1.165, 1.54) is 44.7 Å². The number of rotatable bonds is 6. The normalized spacial score (nSPS) is 15.4. The zero-order valence-corrected chi connectivity index (χ0v) is 17.6. The van der Waals surface area contributed by atoms with Crippen LogP contribution in [-0.4, -0.2) is 16.1 Å². The quantitative estimate of drug-likeness (QED) is 0.501. The van der Waals surface area contributed by atoms with Gasteiger partial charge >= 0.3 is 12.3 Å². The number of carbonyl (C=O) groups excluding carboxylic acids is 1. The van der Waals surface area contributed by atoms with Crippen LogP contribution in [0, 0.1) is 0 Å². The SMILES string of the molecule is CC1OC(=O)Nc2nccc(-c3cc(C(F)(F)F)ccn3)c21.CCCCCCCC. The van der Waals surface area contributed by atoms with E-state index >= 15 is 0 Å². The summed E-state index contributed by atoms with van der Waals surface area (Å²) in [5.41, 5.74) is 0.272. The molecule has 3 heterocycles. The Bertz CT molecular complexity index is 835. The molecular formula is C22H28F3N3O2. The number of hydrogen-bond donors (Lipinski definition) is 1. The molecule has 3 rings (SSSR count). The lowest BCUT2D eigenvalue weighted by Gasteiger charge is -2.24. The molecule has 2 aromatic heterocycles. The third-order valence-electron chi connectivity index (χ3n) is 4.72. The maximum absolute atomic E-state index is 12.8. The van der Waals surface area contributed by atoms with Crippen molar-refractivity contribution in [2.24, 2.45) is 0 Å². The number of pyridine rings is 2. The first-order valence-electron chi connectivity index (χ1n) is 10.3. The van der Waals surface area contributed by atoms with Gasteiger partial charge in [-0.05, 0) is 25.1 Å². The second-order valence-corrected chi connectivity index (χ2v) is 7.14. The minimum Gasteiger partial charge on any atom is -0.441 e. The first-order chi connectivity index (χ1) is 14.3. The van der Waals surface area contributed by atoms with Crippen LogP contribution in [0.2, 0.25) is 0 Å². The summed E-state index contributed by atoms with van der Waals surface area (Å²) in [7, 11) is 0. The number of nitrogens with zero attached hydrogens (tertiary/aromatic N) is 2. The highest BCUT2D eigenvalue weighted by Gasteiger charge is 2.32. The largest absolute Gasteiger partial charge is 0.441 e. The van der Waals surface area contributed by atoms with Crippen LogP contribution in [0.4, 0.5) is 23.8 Å². The third kappa shape index (κ3) is 6.43. The summed E-state index contributed by atoms with van der Waals surface area (Å²) in [6.45, 7) is 6.13. The van der Waals surface area contributed by atoms with E-state index in [1.54, 1.807) is 13.0 Å². The van der Waals surface area contributed by atoms with E-state index in [9.17, 15) is 18.0 Å². The standard InChI is InChI=1S/C14H10F3N3O2.C8H18/c1-7-11-9(3-5-19-12(11)20-13(21)22-7)10-6-8(2-4-18-10)14(15,16)17;1-3-5-7-8-6-4-2/h2-7H,1H3,(H,19,20,21);3-8H2,1-2H3. The van der Waals surface area contributed by atoms with Crippen LogP contribution in [0.15, 0.2) is 30.6 Å². The van der Waals surface area contributed by atoms with Crippen LogP contribution in [0.25, 0.3) is 11.3 Å². The van der Waals surface area contributed by atoms with Crippen molar-refractivity contribution >= 4 is 11.9 Å². The predicted octanol–water partition coefficient (Wildman–Crippen LogP) is 7.15. The van der Waals surface area contributed by atoms with E-state index in [-0.39, 0.29) is 11.5 Å². The average molecular weight is 423 g/mol. The molecule has 30 heavy (non-hydrogen) atoms. The molecule has 0 radical (unpaired) electrons. The summed E-state index contributed by atoms with van der Waals surface area (Å²) in [5.74, 6) is 0.264. The van der Waals surface area contributed by atoms with Gasteiger partial charge in [0, 0.05) is 23.5 Å². The van der Waals surface area contributed by atoms with E-state index in [0.29, 0.717) is 11.1 Å². The highest BCUT2D eigenvalue weighted by atomic mass is 19.4. The van der Waals surface area contributed by atoms with Gasteiger partial charge < -0.3 is 4.74 Å². The lowest BCUT2D eigenvalue weighted by atomic mass is 9.99. The monoisotopic (exact) mass is 423 g/mol. The lowest BCUT2D eigenvalue weighted by molar-refractivity contribution is -0.137. The van der Waals surface area contributed by atoms with Gasteiger partial charge in [0.2, 0.25) is 0 Å². The number of fused-ring (bicyclic) bond motifs is 1. The molecule has 1 aliphatic rings. The Labute approximate surface area is 175 Å². The third-order valence-corrected chi connectivity index (χ3v) is 4.72. The van der Waals surface area contributed by atoms with Crippen molar-refractivity contribution in [1.29, 1.82) is 0 Å². The second-order valence-electron chi connectivity index (χ2n) is 7.14. The first kappa shape index (κ1) is 23.6. The molecule has 1 unspecified atom stereocenters. The van der Waals surface area contributed by atoms with Crippen molar-refractivity contribution in [2.45, 2.75) is 71.6 Å². The first-order valence-corrected chi connectivity index (χ1v) is 10.3. The number of cyclic esters (lactones) is 1. The maximum atomic E-state index is 12.8. The summed E-state index contributed by atoms with van der Waals surface area (Å²) < 4.78 is 43.5.